The number of nitrogens with one attached hydrogen (secondary N) is 1. The highest BCUT2D eigenvalue weighted by Crippen LogP contribution is 2.39. The minimum Gasteiger partial charge on any atom is -0.342 e. The van der Waals surface area contributed by atoms with Crippen molar-refractivity contribution < 1.29 is 4.79 Å². The number of aromatic amines is 1. The van der Waals surface area contributed by atoms with Crippen LogP contribution in [0, 0.1) is 0 Å². The van der Waals surface area contributed by atoms with Gasteiger partial charge in [-0.1, -0.05) is 12.1 Å². The lowest BCUT2D eigenvalue weighted by atomic mass is 10.1. The molecular formula is C13H14N2O. The number of imidazole rings is 1. The Morgan fingerprint density at radius 2 is 2.31 bits per heavy atom. The lowest BCUT2D eigenvalue weighted by molar-refractivity contribution is -0.116. The van der Waals surface area contributed by atoms with Crippen molar-refractivity contribution in [2.75, 3.05) is 0 Å². The summed E-state index contributed by atoms with van der Waals surface area (Å²) in [5.74, 6) is 1.90. The van der Waals surface area contributed by atoms with E-state index in [0.717, 1.165) is 22.4 Å². The first-order valence-corrected chi connectivity index (χ1v) is 5.71. The molecule has 0 aliphatic heterocycles. The number of hydrogen-bond acceptors (Lipinski definition) is 2. The third-order valence-electron chi connectivity index (χ3n) is 3.02. The number of benzene rings is 1. The van der Waals surface area contributed by atoms with Gasteiger partial charge in [0.2, 0.25) is 0 Å². The van der Waals surface area contributed by atoms with Crippen molar-refractivity contribution >= 4 is 16.8 Å². The number of fused-ring (bicyclic) bond motifs is 1. The minimum atomic E-state index is 0.184. The molecule has 3 heteroatoms. The van der Waals surface area contributed by atoms with E-state index < -0.39 is 0 Å². The van der Waals surface area contributed by atoms with E-state index >= 15 is 0 Å². The van der Waals surface area contributed by atoms with Crippen molar-refractivity contribution in [3.8, 4) is 0 Å². The summed E-state index contributed by atoms with van der Waals surface area (Å²) in [7, 11) is 0. The van der Waals surface area contributed by atoms with Crippen LogP contribution in [0.4, 0.5) is 0 Å². The number of nitrogens with zero attached hydrogens (tertiary/aromatic N) is 1. The molecule has 0 unspecified atom stereocenters. The number of ketones is 1. The number of hydrogen-bond donors (Lipinski definition) is 1. The lowest BCUT2D eigenvalue weighted by Gasteiger charge is -1.97. The predicted molar refractivity (Wildman–Crippen MR) is 62.5 cm³/mol. The molecule has 3 rings (SSSR count). The standard InChI is InChI=1S/C13H14N2O/c1-8(16)7-10-3-2-4-11-12(10)15-13(14-11)9-5-6-9/h2-4,9H,5-7H2,1H3,(H,14,15). The Bertz CT molecular complexity index is 552. The van der Waals surface area contributed by atoms with E-state index in [1.807, 2.05) is 18.2 Å². The van der Waals surface area contributed by atoms with E-state index in [9.17, 15) is 4.79 Å². The Labute approximate surface area is 93.9 Å². The van der Waals surface area contributed by atoms with Gasteiger partial charge in [-0.05, 0) is 31.4 Å². The highest BCUT2D eigenvalue weighted by molar-refractivity contribution is 5.86. The highest BCUT2D eigenvalue weighted by Gasteiger charge is 2.27. The van der Waals surface area contributed by atoms with Gasteiger partial charge in [0.25, 0.3) is 0 Å². The summed E-state index contributed by atoms with van der Waals surface area (Å²) >= 11 is 0. The molecule has 0 radical (unpaired) electrons. The molecule has 1 aromatic heterocycles. The summed E-state index contributed by atoms with van der Waals surface area (Å²) in [6.07, 6.45) is 2.95. The molecular weight excluding hydrogens is 200 g/mol. The molecule has 0 bridgehead atoms. The second-order valence-electron chi connectivity index (χ2n) is 4.59. The van der Waals surface area contributed by atoms with Gasteiger partial charge in [0.1, 0.15) is 11.6 Å². The van der Waals surface area contributed by atoms with Gasteiger partial charge in [-0.3, -0.25) is 4.79 Å². The second-order valence-corrected chi connectivity index (χ2v) is 4.59. The number of rotatable bonds is 3. The Kier molecular flexibility index (Phi) is 2.06. The van der Waals surface area contributed by atoms with Crippen molar-refractivity contribution in [3.05, 3.63) is 29.6 Å². The SMILES string of the molecule is CC(=O)Cc1cccc2[nH]c(C3CC3)nc12. The average molecular weight is 214 g/mol. The zero-order chi connectivity index (χ0) is 11.1. The summed E-state index contributed by atoms with van der Waals surface area (Å²) in [6, 6.07) is 5.99. The number of carbonyl (C=O) groups excluding carboxylic acids is 1. The van der Waals surface area contributed by atoms with E-state index in [1.54, 1.807) is 6.92 Å². The van der Waals surface area contributed by atoms with Gasteiger partial charge in [0.15, 0.2) is 0 Å². The first kappa shape index (κ1) is 9.58. The molecule has 2 aromatic rings. The highest BCUT2D eigenvalue weighted by atomic mass is 16.1. The Morgan fingerprint density at radius 1 is 1.50 bits per heavy atom. The molecule has 0 saturated heterocycles. The molecule has 0 atom stereocenters. The van der Waals surface area contributed by atoms with E-state index in [2.05, 4.69) is 9.97 Å². The quantitative estimate of drug-likeness (QED) is 0.853. The van der Waals surface area contributed by atoms with Crippen LogP contribution >= 0.6 is 0 Å². The number of carbonyl (C=O) groups is 1. The fourth-order valence-corrected chi connectivity index (χ4v) is 2.07. The van der Waals surface area contributed by atoms with Gasteiger partial charge in [-0.15, -0.1) is 0 Å². The molecule has 1 heterocycles. The van der Waals surface area contributed by atoms with Gasteiger partial charge in [0.05, 0.1) is 11.0 Å². The topological polar surface area (TPSA) is 45.8 Å². The fourth-order valence-electron chi connectivity index (χ4n) is 2.07. The molecule has 1 fully saturated rings. The lowest BCUT2D eigenvalue weighted by Crippen LogP contribution is -1.96. The molecule has 1 aliphatic carbocycles. The molecule has 1 aliphatic rings. The normalized spacial score (nSPS) is 15.6. The number of H-pyrrole nitrogens is 1. The number of para-hydroxylation sites is 1. The summed E-state index contributed by atoms with van der Waals surface area (Å²) < 4.78 is 0. The van der Waals surface area contributed by atoms with E-state index in [4.69, 9.17) is 0 Å². The largest absolute Gasteiger partial charge is 0.342 e. The molecule has 16 heavy (non-hydrogen) atoms. The predicted octanol–water partition coefficient (Wildman–Crippen LogP) is 2.57. The first-order chi connectivity index (χ1) is 7.74. The van der Waals surface area contributed by atoms with Crippen LogP contribution in [0.15, 0.2) is 18.2 Å². The summed E-state index contributed by atoms with van der Waals surface area (Å²) in [5, 5.41) is 0. The van der Waals surface area contributed by atoms with Crippen LogP contribution in [0.5, 0.6) is 0 Å². The zero-order valence-corrected chi connectivity index (χ0v) is 9.29. The van der Waals surface area contributed by atoms with E-state index in [1.165, 1.54) is 12.8 Å². The van der Waals surface area contributed by atoms with Crippen LogP contribution in [0.2, 0.25) is 0 Å². The Balaban J connectivity index is 2.09. The molecule has 0 spiro atoms. The van der Waals surface area contributed by atoms with Crippen molar-refractivity contribution in [2.24, 2.45) is 0 Å². The van der Waals surface area contributed by atoms with Crippen LogP contribution in [-0.2, 0) is 11.2 Å². The minimum absolute atomic E-state index is 0.184. The van der Waals surface area contributed by atoms with Gasteiger partial charge >= 0.3 is 0 Å². The van der Waals surface area contributed by atoms with Gasteiger partial charge in [-0.25, -0.2) is 4.98 Å². The van der Waals surface area contributed by atoms with Crippen LogP contribution in [0.25, 0.3) is 11.0 Å². The van der Waals surface area contributed by atoms with Crippen molar-refractivity contribution in [2.45, 2.75) is 32.1 Å². The molecule has 1 N–H and O–H groups in total. The van der Waals surface area contributed by atoms with Gasteiger partial charge < -0.3 is 4.98 Å². The maximum atomic E-state index is 11.2. The second kappa shape index (κ2) is 3.44. The maximum Gasteiger partial charge on any atom is 0.134 e. The average Bonchev–Trinajstić information content (AvgIpc) is 2.98. The number of Topliss-reactive ketones (excluding diaryl/α,β-unsaturated/α-hetero) is 1. The van der Waals surface area contributed by atoms with Crippen molar-refractivity contribution in [1.82, 2.24) is 9.97 Å². The Hall–Kier alpha value is -1.64. The van der Waals surface area contributed by atoms with Crippen LogP contribution in [0.1, 0.15) is 37.1 Å². The van der Waals surface area contributed by atoms with E-state index in [-0.39, 0.29) is 5.78 Å². The summed E-state index contributed by atoms with van der Waals surface area (Å²) in [6.45, 7) is 1.62. The van der Waals surface area contributed by atoms with Crippen molar-refractivity contribution in [3.63, 3.8) is 0 Å². The number of aromatic nitrogens is 2. The molecule has 0 amide bonds. The monoisotopic (exact) mass is 214 g/mol. The fraction of sp³-hybridized carbons (Fsp3) is 0.385. The third-order valence-corrected chi connectivity index (χ3v) is 3.02. The first-order valence-electron chi connectivity index (χ1n) is 5.71. The zero-order valence-electron chi connectivity index (χ0n) is 9.29. The summed E-state index contributed by atoms with van der Waals surface area (Å²) in [5.41, 5.74) is 3.06. The summed E-state index contributed by atoms with van der Waals surface area (Å²) in [4.78, 5) is 19.1. The third kappa shape index (κ3) is 1.62. The van der Waals surface area contributed by atoms with Gasteiger partial charge in [0, 0.05) is 12.3 Å². The molecule has 82 valence electrons. The molecule has 1 aromatic carbocycles. The molecule has 3 nitrogen and oxygen atoms in total. The van der Waals surface area contributed by atoms with Crippen LogP contribution < -0.4 is 0 Å². The molecule has 1 saturated carbocycles. The Morgan fingerprint density at radius 3 is 3.00 bits per heavy atom. The maximum absolute atomic E-state index is 11.2. The smallest absolute Gasteiger partial charge is 0.134 e. The van der Waals surface area contributed by atoms with Crippen LogP contribution in [-0.4, -0.2) is 15.8 Å². The van der Waals surface area contributed by atoms with Crippen molar-refractivity contribution in [1.29, 1.82) is 0 Å². The van der Waals surface area contributed by atoms with Gasteiger partial charge in [-0.2, -0.15) is 0 Å². The van der Waals surface area contributed by atoms with E-state index in [0.29, 0.717) is 12.3 Å². The van der Waals surface area contributed by atoms with Crippen LogP contribution in [0.3, 0.4) is 0 Å².